The zero-order chi connectivity index (χ0) is 20.4. The van der Waals surface area contributed by atoms with Crippen LogP contribution in [0.1, 0.15) is 35.2 Å². The highest BCUT2D eigenvalue weighted by atomic mass is 32.2. The molecule has 1 aliphatic heterocycles. The zero-order valence-corrected chi connectivity index (χ0v) is 18.2. The smallest absolute Gasteiger partial charge is 0.273 e. The molecule has 152 valence electrons. The predicted molar refractivity (Wildman–Crippen MR) is 114 cm³/mol. The van der Waals surface area contributed by atoms with Gasteiger partial charge in [-0.3, -0.25) is 9.36 Å². The van der Waals surface area contributed by atoms with Gasteiger partial charge in [0, 0.05) is 24.2 Å². The fourth-order valence-electron chi connectivity index (χ4n) is 3.42. The maximum absolute atomic E-state index is 12.8. The molecule has 3 aromatic rings. The Kier molecular flexibility index (Phi) is 5.98. The van der Waals surface area contributed by atoms with Crippen molar-refractivity contribution in [3.05, 3.63) is 52.2 Å². The van der Waals surface area contributed by atoms with E-state index in [-0.39, 0.29) is 18.1 Å². The third-order valence-corrected chi connectivity index (χ3v) is 6.58. The molecule has 0 N–H and O–H groups in total. The zero-order valence-electron chi connectivity index (χ0n) is 16.6. The Morgan fingerprint density at radius 1 is 1.21 bits per heavy atom. The number of thioether (sulfide) groups is 1. The Morgan fingerprint density at radius 2 is 1.93 bits per heavy atom. The van der Waals surface area contributed by atoms with Gasteiger partial charge in [0.25, 0.3) is 5.91 Å². The quantitative estimate of drug-likeness (QED) is 0.577. The van der Waals surface area contributed by atoms with Gasteiger partial charge in [-0.25, -0.2) is 4.98 Å². The number of morpholine rings is 1. The van der Waals surface area contributed by atoms with E-state index in [9.17, 15) is 4.79 Å². The van der Waals surface area contributed by atoms with E-state index in [1.165, 1.54) is 11.3 Å². The van der Waals surface area contributed by atoms with E-state index >= 15 is 0 Å². The van der Waals surface area contributed by atoms with E-state index in [4.69, 9.17) is 4.74 Å². The number of hydrogen-bond acceptors (Lipinski definition) is 7. The Hall–Kier alpha value is -2.23. The van der Waals surface area contributed by atoms with Crippen LogP contribution in [0, 0.1) is 6.92 Å². The number of rotatable bonds is 5. The summed E-state index contributed by atoms with van der Waals surface area (Å²) in [6.45, 7) is 7.12. The molecule has 0 saturated carbocycles. The van der Waals surface area contributed by atoms with Gasteiger partial charge < -0.3 is 9.64 Å². The number of amides is 1. The van der Waals surface area contributed by atoms with Crippen LogP contribution in [0.5, 0.6) is 0 Å². The minimum Gasteiger partial charge on any atom is -0.372 e. The highest BCUT2D eigenvalue weighted by Crippen LogP contribution is 2.26. The summed E-state index contributed by atoms with van der Waals surface area (Å²) >= 11 is 3.07. The molecule has 0 spiro atoms. The summed E-state index contributed by atoms with van der Waals surface area (Å²) in [6.07, 6.45) is 0.0906. The minimum absolute atomic E-state index is 0.0252. The number of hydrogen-bond donors (Lipinski definition) is 0. The standard InChI is InChI=1S/C20H23N5O2S2/c1-13-9-24(10-14(2)27-13)19(26)17-11-28-18(21-17)12-29-20-23-22-15(3)25(20)16-7-5-4-6-8-16/h4-8,11,13-14H,9-10,12H2,1-3H3. The molecule has 0 radical (unpaired) electrons. The minimum atomic E-state index is -0.0252. The average Bonchev–Trinajstić information content (AvgIpc) is 3.32. The van der Waals surface area contributed by atoms with Crippen LogP contribution < -0.4 is 0 Å². The Balaban J connectivity index is 1.44. The van der Waals surface area contributed by atoms with E-state index in [2.05, 4.69) is 15.2 Å². The molecule has 1 saturated heterocycles. The highest BCUT2D eigenvalue weighted by molar-refractivity contribution is 7.98. The monoisotopic (exact) mass is 429 g/mol. The van der Waals surface area contributed by atoms with Crippen LogP contribution in [0.25, 0.3) is 5.69 Å². The Labute approximate surface area is 178 Å². The summed E-state index contributed by atoms with van der Waals surface area (Å²) in [5, 5.41) is 12.1. The summed E-state index contributed by atoms with van der Waals surface area (Å²) in [4.78, 5) is 19.2. The molecule has 1 amide bonds. The first kappa shape index (κ1) is 20.1. The van der Waals surface area contributed by atoms with Gasteiger partial charge in [-0.15, -0.1) is 21.5 Å². The maximum Gasteiger partial charge on any atom is 0.273 e. The third-order valence-electron chi connectivity index (χ3n) is 4.61. The van der Waals surface area contributed by atoms with Crippen molar-refractivity contribution in [2.45, 2.75) is 43.9 Å². The number of nitrogens with zero attached hydrogens (tertiary/aromatic N) is 5. The van der Waals surface area contributed by atoms with E-state index in [0.29, 0.717) is 24.5 Å². The Morgan fingerprint density at radius 3 is 2.66 bits per heavy atom. The van der Waals surface area contributed by atoms with E-state index in [1.807, 2.05) is 66.0 Å². The number of aromatic nitrogens is 4. The van der Waals surface area contributed by atoms with Crippen LogP contribution in [0.4, 0.5) is 0 Å². The number of benzene rings is 1. The molecule has 7 nitrogen and oxygen atoms in total. The lowest BCUT2D eigenvalue weighted by molar-refractivity contribution is -0.0587. The molecule has 1 aliphatic rings. The van der Waals surface area contributed by atoms with Crippen molar-refractivity contribution in [2.24, 2.45) is 0 Å². The SMILES string of the molecule is Cc1nnc(SCc2nc(C(=O)N3CC(C)OC(C)C3)cs2)n1-c1ccccc1. The van der Waals surface area contributed by atoms with E-state index < -0.39 is 0 Å². The molecule has 0 aliphatic carbocycles. The molecule has 2 atom stereocenters. The summed E-state index contributed by atoms with van der Waals surface area (Å²) in [5.41, 5.74) is 1.54. The van der Waals surface area contributed by atoms with Gasteiger partial charge in [-0.2, -0.15) is 0 Å². The third kappa shape index (κ3) is 4.52. The fourth-order valence-corrected chi connectivity index (χ4v) is 5.20. The second-order valence-electron chi connectivity index (χ2n) is 7.08. The normalized spacial score (nSPS) is 19.5. The first-order valence-corrected chi connectivity index (χ1v) is 11.4. The molecular formula is C20H23N5O2S2. The van der Waals surface area contributed by atoms with Gasteiger partial charge in [0.1, 0.15) is 16.5 Å². The summed E-state index contributed by atoms with van der Waals surface area (Å²) in [5.74, 6) is 1.45. The molecule has 1 fully saturated rings. The van der Waals surface area contributed by atoms with Crippen LogP contribution in [-0.2, 0) is 10.5 Å². The van der Waals surface area contributed by atoms with Crippen LogP contribution >= 0.6 is 23.1 Å². The van der Waals surface area contributed by atoms with Gasteiger partial charge in [0.2, 0.25) is 0 Å². The Bertz CT molecular complexity index is 978. The first-order chi connectivity index (χ1) is 14.0. The first-order valence-electron chi connectivity index (χ1n) is 9.50. The fraction of sp³-hybridized carbons (Fsp3) is 0.400. The van der Waals surface area contributed by atoms with Crippen LogP contribution in [-0.4, -0.2) is 55.9 Å². The van der Waals surface area contributed by atoms with E-state index in [1.54, 1.807) is 11.8 Å². The molecule has 2 aromatic heterocycles. The lowest BCUT2D eigenvalue weighted by atomic mass is 10.2. The average molecular weight is 430 g/mol. The second-order valence-corrected chi connectivity index (χ2v) is 8.97. The topological polar surface area (TPSA) is 73.1 Å². The van der Waals surface area contributed by atoms with Crippen molar-refractivity contribution in [3.63, 3.8) is 0 Å². The van der Waals surface area contributed by atoms with E-state index in [0.717, 1.165) is 21.7 Å². The molecule has 3 heterocycles. The lowest BCUT2D eigenvalue weighted by Gasteiger charge is -2.34. The molecule has 1 aromatic carbocycles. The van der Waals surface area contributed by atoms with Crippen molar-refractivity contribution in [2.75, 3.05) is 13.1 Å². The number of ether oxygens (including phenoxy) is 1. The van der Waals surface area contributed by atoms with Crippen LogP contribution in [0.15, 0.2) is 40.9 Å². The molecule has 9 heteroatoms. The van der Waals surface area contributed by atoms with Crippen molar-refractivity contribution in [1.29, 1.82) is 0 Å². The van der Waals surface area contributed by atoms with Gasteiger partial charge in [-0.05, 0) is 32.9 Å². The number of aryl methyl sites for hydroxylation is 1. The number of para-hydroxylation sites is 1. The number of carbonyl (C=O) groups is 1. The maximum atomic E-state index is 12.8. The lowest BCUT2D eigenvalue weighted by Crippen LogP contribution is -2.48. The van der Waals surface area contributed by atoms with Crippen molar-refractivity contribution >= 4 is 29.0 Å². The predicted octanol–water partition coefficient (Wildman–Crippen LogP) is 3.57. The molecular weight excluding hydrogens is 406 g/mol. The van der Waals surface area contributed by atoms with Gasteiger partial charge >= 0.3 is 0 Å². The largest absolute Gasteiger partial charge is 0.372 e. The van der Waals surface area contributed by atoms with Gasteiger partial charge in [-0.1, -0.05) is 30.0 Å². The molecule has 0 bridgehead atoms. The van der Waals surface area contributed by atoms with Crippen LogP contribution in [0.3, 0.4) is 0 Å². The van der Waals surface area contributed by atoms with Gasteiger partial charge in [0.15, 0.2) is 5.16 Å². The van der Waals surface area contributed by atoms with Crippen molar-refractivity contribution in [1.82, 2.24) is 24.6 Å². The highest BCUT2D eigenvalue weighted by Gasteiger charge is 2.28. The summed E-state index contributed by atoms with van der Waals surface area (Å²) < 4.78 is 7.74. The second kappa shape index (κ2) is 8.64. The molecule has 4 rings (SSSR count). The molecule has 2 unspecified atom stereocenters. The van der Waals surface area contributed by atoms with Gasteiger partial charge in [0.05, 0.1) is 18.0 Å². The molecule has 29 heavy (non-hydrogen) atoms. The number of carbonyl (C=O) groups excluding carboxylic acids is 1. The summed E-state index contributed by atoms with van der Waals surface area (Å²) in [6, 6.07) is 10.0. The van der Waals surface area contributed by atoms with Crippen molar-refractivity contribution in [3.8, 4) is 5.69 Å². The number of thiazole rings is 1. The summed E-state index contributed by atoms with van der Waals surface area (Å²) in [7, 11) is 0. The van der Waals surface area contributed by atoms with Crippen molar-refractivity contribution < 1.29 is 9.53 Å². The van der Waals surface area contributed by atoms with Crippen LogP contribution in [0.2, 0.25) is 0 Å².